The number of carbonyl (C=O) groups is 1. The fraction of sp³-hybridized carbons (Fsp3) is 0.500. The van der Waals surface area contributed by atoms with Gasteiger partial charge in [-0.1, -0.05) is 26.8 Å². The van der Waals surface area contributed by atoms with Crippen LogP contribution in [0.2, 0.25) is 0 Å². The molecule has 0 saturated carbocycles. The van der Waals surface area contributed by atoms with Crippen LogP contribution in [0.5, 0.6) is 0 Å². The van der Waals surface area contributed by atoms with Gasteiger partial charge in [-0.25, -0.2) is 4.39 Å². The van der Waals surface area contributed by atoms with Gasteiger partial charge in [-0.05, 0) is 30.0 Å². The normalized spacial score (nSPS) is 13.2. The zero-order chi connectivity index (χ0) is 13.9. The molecule has 1 amide bonds. The van der Waals surface area contributed by atoms with Gasteiger partial charge in [0.05, 0.1) is 5.69 Å². The molecule has 0 aromatic heterocycles. The highest BCUT2D eigenvalue weighted by Crippen LogP contribution is 2.21. The van der Waals surface area contributed by atoms with Gasteiger partial charge in [0.1, 0.15) is 5.82 Å². The summed E-state index contributed by atoms with van der Waals surface area (Å²) in [6.07, 6.45) is 0.177. The molecule has 3 N–H and O–H groups in total. The Balaban J connectivity index is 2.65. The van der Waals surface area contributed by atoms with Crippen LogP contribution in [-0.2, 0) is 4.79 Å². The maximum atomic E-state index is 13.5. The van der Waals surface area contributed by atoms with E-state index in [-0.39, 0.29) is 29.5 Å². The molecule has 0 spiro atoms. The summed E-state index contributed by atoms with van der Waals surface area (Å²) >= 11 is 0. The number of nitrogens with one attached hydrogen (secondary N) is 1. The highest BCUT2D eigenvalue weighted by Gasteiger charge is 2.23. The van der Waals surface area contributed by atoms with Crippen molar-refractivity contribution in [3.05, 3.63) is 29.6 Å². The Morgan fingerprint density at radius 2 is 2.06 bits per heavy atom. The Hall–Kier alpha value is -1.42. The van der Waals surface area contributed by atoms with Gasteiger partial charge < -0.3 is 11.1 Å². The third-order valence-electron chi connectivity index (χ3n) is 2.92. The van der Waals surface area contributed by atoms with Crippen LogP contribution in [0.15, 0.2) is 18.2 Å². The second-order valence-electron chi connectivity index (χ2n) is 5.71. The molecule has 1 aromatic carbocycles. The summed E-state index contributed by atoms with van der Waals surface area (Å²) in [5.74, 6) is -0.687. The number of rotatable bonds is 3. The number of halogens is 1. The number of aryl methyl sites for hydroxylation is 1. The Kier molecular flexibility index (Phi) is 4.46. The lowest BCUT2D eigenvalue weighted by Crippen LogP contribution is -2.38. The van der Waals surface area contributed by atoms with Crippen LogP contribution in [0.4, 0.5) is 10.1 Å². The van der Waals surface area contributed by atoms with Crippen molar-refractivity contribution in [2.45, 2.75) is 40.2 Å². The van der Waals surface area contributed by atoms with Gasteiger partial charge in [0.25, 0.3) is 0 Å². The Morgan fingerprint density at radius 3 is 2.56 bits per heavy atom. The molecule has 100 valence electrons. The van der Waals surface area contributed by atoms with E-state index < -0.39 is 5.82 Å². The molecular formula is C14H21FN2O. The maximum absolute atomic E-state index is 13.5. The number of hydrogen-bond donors (Lipinski definition) is 2. The fourth-order valence-electron chi connectivity index (χ4n) is 1.43. The third kappa shape index (κ3) is 4.11. The molecule has 1 aromatic rings. The summed E-state index contributed by atoms with van der Waals surface area (Å²) in [7, 11) is 0. The summed E-state index contributed by atoms with van der Waals surface area (Å²) in [6.45, 7) is 7.70. The average Bonchev–Trinajstić information content (AvgIpc) is 2.20. The van der Waals surface area contributed by atoms with Crippen LogP contribution in [-0.4, -0.2) is 11.9 Å². The second-order valence-corrected chi connectivity index (χ2v) is 5.71. The molecule has 3 nitrogen and oxygen atoms in total. The minimum atomic E-state index is -0.423. The van der Waals surface area contributed by atoms with Gasteiger partial charge in [-0.3, -0.25) is 4.79 Å². The van der Waals surface area contributed by atoms with E-state index >= 15 is 0 Å². The molecule has 0 aliphatic rings. The molecule has 0 bridgehead atoms. The Morgan fingerprint density at radius 1 is 1.44 bits per heavy atom. The Bertz CT molecular complexity index is 438. The number of anilines is 1. The predicted molar refractivity (Wildman–Crippen MR) is 71.8 cm³/mol. The quantitative estimate of drug-likeness (QED) is 0.869. The predicted octanol–water partition coefficient (Wildman–Crippen LogP) is 2.84. The van der Waals surface area contributed by atoms with Gasteiger partial charge in [0.2, 0.25) is 5.91 Å². The van der Waals surface area contributed by atoms with E-state index in [4.69, 9.17) is 5.73 Å². The highest BCUT2D eigenvalue weighted by molar-refractivity contribution is 5.91. The summed E-state index contributed by atoms with van der Waals surface area (Å²) in [5.41, 5.74) is 6.78. The summed E-state index contributed by atoms with van der Waals surface area (Å²) in [4.78, 5) is 11.7. The zero-order valence-electron chi connectivity index (χ0n) is 11.4. The molecule has 0 aliphatic heterocycles. The Labute approximate surface area is 108 Å². The van der Waals surface area contributed by atoms with E-state index in [1.807, 2.05) is 20.8 Å². The summed E-state index contributed by atoms with van der Waals surface area (Å²) < 4.78 is 13.5. The number of benzene rings is 1. The van der Waals surface area contributed by atoms with Gasteiger partial charge >= 0.3 is 0 Å². The molecule has 0 aliphatic carbocycles. The van der Waals surface area contributed by atoms with Crippen LogP contribution in [0.1, 0.15) is 32.8 Å². The minimum absolute atomic E-state index is 0.150. The first kappa shape index (κ1) is 14.6. The summed E-state index contributed by atoms with van der Waals surface area (Å²) in [6, 6.07) is 4.44. The van der Waals surface area contributed by atoms with Gasteiger partial charge in [0.15, 0.2) is 0 Å². The topological polar surface area (TPSA) is 55.1 Å². The van der Waals surface area contributed by atoms with Crippen molar-refractivity contribution in [2.24, 2.45) is 11.1 Å². The average molecular weight is 252 g/mol. The van der Waals surface area contributed by atoms with E-state index in [1.165, 1.54) is 6.07 Å². The van der Waals surface area contributed by atoms with Crippen molar-refractivity contribution in [1.82, 2.24) is 0 Å². The van der Waals surface area contributed by atoms with E-state index in [0.717, 1.165) is 5.56 Å². The van der Waals surface area contributed by atoms with Crippen LogP contribution in [0.3, 0.4) is 0 Å². The maximum Gasteiger partial charge on any atom is 0.226 e. The molecule has 1 atom stereocenters. The largest absolute Gasteiger partial charge is 0.327 e. The summed E-state index contributed by atoms with van der Waals surface area (Å²) in [5, 5.41) is 2.55. The van der Waals surface area contributed by atoms with Crippen LogP contribution in [0.25, 0.3) is 0 Å². The van der Waals surface area contributed by atoms with E-state index in [9.17, 15) is 9.18 Å². The second kappa shape index (κ2) is 5.48. The van der Waals surface area contributed by atoms with E-state index in [1.54, 1.807) is 19.1 Å². The van der Waals surface area contributed by atoms with Crippen molar-refractivity contribution in [1.29, 1.82) is 0 Å². The number of nitrogens with two attached hydrogens (primary N) is 1. The molecule has 1 unspecified atom stereocenters. The highest BCUT2D eigenvalue weighted by atomic mass is 19.1. The first-order chi connectivity index (χ1) is 8.20. The lowest BCUT2D eigenvalue weighted by atomic mass is 9.85. The van der Waals surface area contributed by atoms with Crippen molar-refractivity contribution < 1.29 is 9.18 Å². The van der Waals surface area contributed by atoms with Gasteiger partial charge in [0, 0.05) is 12.5 Å². The van der Waals surface area contributed by atoms with Gasteiger partial charge in [-0.2, -0.15) is 0 Å². The van der Waals surface area contributed by atoms with Crippen LogP contribution in [0, 0.1) is 18.2 Å². The molecule has 0 saturated heterocycles. The number of carbonyl (C=O) groups excluding carboxylic acids is 1. The van der Waals surface area contributed by atoms with Crippen molar-refractivity contribution in [3.63, 3.8) is 0 Å². The SMILES string of the molecule is Cc1ccc(NC(=O)CC(N)C(C)(C)C)c(F)c1. The first-order valence-corrected chi connectivity index (χ1v) is 6.01. The van der Waals surface area contributed by atoms with Gasteiger partial charge in [-0.15, -0.1) is 0 Å². The van der Waals surface area contributed by atoms with Crippen LogP contribution < -0.4 is 11.1 Å². The molecule has 0 fully saturated rings. The van der Waals surface area contributed by atoms with Crippen molar-refractivity contribution >= 4 is 11.6 Å². The number of amides is 1. The van der Waals surface area contributed by atoms with E-state index in [0.29, 0.717) is 0 Å². The van der Waals surface area contributed by atoms with E-state index in [2.05, 4.69) is 5.32 Å². The molecule has 0 radical (unpaired) electrons. The van der Waals surface area contributed by atoms with Crippen molar-refractivity contribution in [2.75, 3.05) is 5.32 Å². The van der Waals surface area contributed by atoms with Crippen LogP contribution >= 0.6 is 0 Å². The lowest BCUT2D eigenvalue weighted by molar-refractivity contribution is -0.117. The molecule has 0 heterocycles. The molecular weight excluding hydrogens is 231 g/mol. The van der Waals surface area contributed by atoms with Crippen molar-refractivity contribution in [3.8, 4) is 0 Å². The minimum Gasteiger partial charge on any atom is -0.327 e. The zero-order valence-corrected chi connectivity index (χ0v) is 11.4. The lowest BCUT2D eigenvalue weighted by Gasteiger charge is -2.26. The third-order valence-corrected chi connectivity index (χ3v) is 2.92. The molecule has 4 heteroatoms. The number of hydrogen-bond acceptors (Lipinski definition) is 2. The smallest absolute Gasteiger partial charge is 0.226 e. The molecule has 1 rings (SSSR count). The molecule has 18 heavy (non-hydrogen) atoms. The standard InChI is InChI=1S/C14H21FN2O/c1-9-5-6-11(10(15)7-9)17-13(18)8-12(16)14(2,3)4/h5-7,12H,8,16H2,1-4H3,(H,17,18). The fourth-order valence-corrected chi connectivity index (χ4v) is 1.43. The first-order valence-electron chi connectivity index (χ1n) is 6.01. The monoisotopic (exact) mass is 252 g/mol.